The van der Waals surface area contributed by atoms with E-state index in [4.69, 9.17) is 0 Å². The molecule has 0 aliphatic carbocycles. The number of hydrogen-bond acceptors (Lipinski definition) is 2. The molecule has 0 amide bonds. The summed E-state index contributed by atoms with van der Waals surface area (Å²) in [5, 5.41) is 3.51. The van der Waals surface area contributed by atoms with E-state index in [1.165, 1.54) is 18.4 Å². The Hall–Kier alpha value is -1.07. The molecule has 0 aliphatic rings. The Kier molecular flexibility index (Phi) is 4.82. The number of H-pyrrole nitrogens is 2. The third kappa shape index (κ3) is 3.28. The van der Waals surface area contributed by atoms with Crippen LogP contribution in [0.1, 0.15) is 44.7 Å². The molecule has 1 heterocycles. The first-order valence-electron chi connectivity index (χ1n) is 6.80. The molecule has 0 saturated heterocycles. The molecule has 104 valence electrons. The fraction of sp³-hybridized carbons (Fsp3) is 0.500. The lowest BCUT2D eigenvalue weighted by molar-refractivity contribution is 0.493. The number of rotatable bonds is 6. The third-order valence-electron chi connectivity index (χ3n) is 3.31. The first kappa shape index (κ1) is 14.3. The van der Waals surface area contributed by atoms with Gasteiger partial charge in [0.05, 0.1) is 11.0 Å². The molecule has 0 saturated carbocycles. The molecule has 0 fully saturated rings. The largest absolute Gasteiger partial charge is 0.323 e. The molecule has 0 radical (unpaired) electrons. The Morgan fingerprint density at radius 1 is 1.26 bits per heavy atom. The zero-order chi connectivity index (χ0) is 13.8. The van der Waals surface area contributed by atoms with E-state index >= 15 is 0 Å². The van der Waals surface area contributed by atoms with Crippen molar-refractivity contribution >= 4 is 27.0 Å². The van der Waals surface area contributed by atoms with Crippen molar-refractivity contribution in [1.82, 2.24) is 15.3 Å². The van der Waals surface area contributed by atoms with E-state index in [1.807, 2.05) is 6.07 Å². The maximum Gasteiger partial charge on any atom is 0.323 e. The van der Waals surface area contributed by atoms with Crippen LogP contribution in [0.15, 0.2) is 21.4 Å². The van der Waals surface area contributed by atoms with Crippen molar-refractivity contribution < 1.29 is 0 Å². The second kappa shape index (κ2) is 6.39. The van der Waals surface area contributed by atoms with Crippen LogP contribution in [0.4, 0.5) is 0 Å². The Bertz CT molecular complexity index is 602. The highest BCUT2D eigenvalue weighted by molar-refractivity contribution is 9.10. The maximum atomic E-state index is 11.3. The van der Waals surface area contributed by atoms with Gasteiger partial charge in [0.1, 0.15) is 0 Å². The van der Waals surface area contributed by atoms with E-state index in [0.29, 0.717) is 6.04 Å². The van der Waals surface area contributed by atoms with E-state index in [0.717, 1.165) is 28.5 Å². The molecule has 1 aromatic heterocycles. The van der Waals surface area contributed by atoms with Gasteiger partial charge in [-0.25, -0.2) is 4.79 Å². The number of aromatic amines is 2. The van der Waals surface area contributed by atoms with Gasteiger partial charge in [-0.15, -0.1) is 0 Å². The number of imidazole rings is 1. The van der Waals surface area contributed by atoms with Gasteiger partial charge in [0.2, 0.25) is 0 Å². The summed E-state index contributed by atoms with van der Waals surface area (Å²) < 4.78 is 1.04. The Balaban J connectivity index is 2.39. The van der Waals surface area contributed by atoms with E-state index in [-0.39, 0.29) is 5.69 Å². The van der Waals surface area contributed by atoms with Crippen molar-refractivity contribution in [3.8, 4) is 0 Å². The average Bonchev–Trinajstić information content (AvgIpc) is 2.73. The Morgan fingerprint density at radius 3 is 2.58 bits per heavy atom. The van der Waals surface area contributed by atoms with Gasteiger partial charge in [0.25, 0.3) is 0 Å². The molecule has 4 nitrogen and oxygen atoms in total. The van der Waals surface area contributed by atoms with Crippen LogP contribution in [0.25, 0.3) is 11.0 Å². The lowest BCUT2D eigenvalue weighted by atomic mass is 10.0. The van der Waals surface area contributed by atoms with Crippen LogP contribution in [0.5, 0.6) is 0 Å². The number of fused-ring (bicyclic) bond motifs is 1. The van der Waals surface area contributed by atoms with Crippen LogP contribution in [-0.4, -0.2) is 16.5 Å². The van der Waals surface area contributed by atoms with E-state index in [1.54, 1.807) is 0 Å². The molecule has 1 atom stereocenters. The van der Waals surface area contributed by atoms with Gasteiger partial charge in [-0.05, 0) is 30.7 Å². The summed E-state index contributed by atoms with van der Waals surface area (Å²) in [4.78, 5) is 16.9. The highest BCUT2D eigenvalue weighted by atomic mass is 79.9. The fourth-order valence-electron chi connectivity index (χ4n) is 2.36. The second-order valence-corrected chi connectivity index (χ2v) is 5.61. The van der Waals surface area contributed by atoms with E-state index < -0.39 is 0 Å². The predicted molar refractivity (Wildman–Crippen MR) is 82.6 cm³/mol. The minimum absolute atomic E-state index is 0.160. The molecule has 3 N–H and O–H groups in total. The van der Waals surface area contributed by atoms with Crippen LogP contribution in [0.2, 0.25) is 0 Å². The smallest absolute Gasteiger partial charge is 0.310 e. The summed E-state index contributed by atoms with van der Waals surface area (Å²) in [5.41, 5.74) is 2.75. The van der Waals surface area contributed by atoms with Gasteiger partial charge in [0.15, 0.2) is 0 Å². The minimum Gasteiger partial charge on any atom is -0.310 e. The van der Waals surface area contributed by atoms with Crippen LogP contribution < -0.4 is 11.0 Å². The molecule has 0 spiro atoms. The van der Waals surface area contributed by atoms with Crippen molar-refractivity contribution in [2.75, 3.05) is 6.54 Å². The predicted octanol–water partition coefficient (Wildman–Crippen LogP) is 3.46. The number of hydrogen-bond donors (Lipinski definition) is 3. The van der Waals surface area contributed by atoms with Crippen molar-refractivity contribution in [3.05, 3.63) is 32.7 Å². The number of halogens is 1. The third-order valence-corrected chi connectivity index (χ3v) is 3.99. The van der Waals surface area contributed by atoms with Crippen molar-refractivity contribution in [3.63, 3.8) is 0 Å². The van der Waals surface area contributed by atoms with Crippen molar-refractivity contribution in [2.24, 2.45) is 0 Å². The lowest BCUT2D eigenvalue weighted by Crippen LogP contribution is -2.21. The van der Waals surface area contributed by atoms with Gasteiger partial charge in [-0.1, -0.05) is 42.6 Å². The Morgan fingerprint density at radius 2 is 1.95 bits per heavy atom. The van der Waals surface area contributed by atoms with Gasteiger partial charge < -0.3 is 15.3 Å². The van der Waals surface area contributed by atoms with E-state index in [2.05, 4.69) is 51.1 Å². The topological polar surface area (TPSA) is 60.7 Å². The zero-order valence-electron chi connectivity index (χ0n) is 11.3. The summed E-state index contributed by atoms with van der Waals surface area (Å²) in [6, 6.07) is 4.35. The van der Waals surface area contributed by atoms with Gasteiger partial charge in [-0.2, -0.15) is 0 Å². The highest BCUT2D eigenvalue weighted by Gasteiger charge is 2.15. The molecular weight excluding hydrogens is 306 g/mol. The number of aromatic nitrogens is 2. The highest BCUT2D eigenvalue weighted by Crippen LogP contribution is 2.29. The molecule has 1 unspecified atom stereocenters. The standard InChI is InChI=1S/C14H20BrN3O/c1-3-5-6-11(16-4-2)9-7-12-13(8-10(9)15)18-14(19)17-12/h7-8,11,16H,3-6H2,1-2H3,(H2,17,18,19). The molecule has 19 heavy (non-hydrogen) atoms. The summed E-state index contributed by atoms with van der Waals surface area (Å²) in [6.07, 6.45) is 3.47. The van der Waals surface area contributed by atoms with Gasteiger partial charge >= 0.3 is 5.69 Å². The normalized spacial score (nSPS) is 13.0. The molecule has 2 rings (SSSR count). The summed E-state index contributed by atoms with van der Waals surface area (Å²) in [7, 11) is 0. The molecule has 5 heteroatoms. The van der Waals surface area contributed by atoms with Crippen LogP contribution in [0, 0.1) is 0 Å². The first-order chi connectivity index (χ1) is 9.15. The molecule has 2 aromatic rings. The monoisotopic (exact) mass is 325 g/mol. The lowest BCUT2D eigenvalue weighted by Gasteiger charge is -2.19. The van der Waals surface area contributed by atoms with Crippen molar-refractivity contribution in [1.29, 1.82) is 0 Å². The zero-order valence-corrected chi connectivity index (χ0v) is 12.9. The quantitative estimate of drug-likeness (QED) is 0.761. The second-order valence-electron chi connectivity index (χ2n) is 4.75. The Labute approximate surface area is 121 Å². The molecular formula is C14H20BrN3O. The number of nitrogens with one attached hydrogen (secondary N) is 3. The molecule has 1 aromatic carbocycles. The van der Waals surface area contributed by atoms with E-state index in [9.17, 15) is 4.79 Å². The van der Waals surface area contributed by atoms with Gasteiger partial charge in [-0.3, -0.25) is 0 Å². The molecule has 0 aliphatic heterocycles. The van der Waals surface area contributed by atoms with Crippen LogP contribution in [-0.2, 0) is 0 Å². The number of unbranched alkanes of at least 4 members (excludes halogenated alkanes) is 1. The van der Waals surface area contributed by atoms with Crippen LogP contribution >= 0.6 is 15.9 Å². The average molecular weight is 326 g/mol. The molecule has 0 bridgehead atoms. The SMILES string of the molecule is CCCCC(NCC)c1cc2[nH]c(=O)[nH]c2cc1Br. The minimum atomic E-state index is -0.160. The maximum absolute atomic E-state index is 11.3. The van der Waals surface area contributed by atoms with Crippen LogP contribution in [0.3, 0.4) is 0 Å². The van der Waals surface area contributed by atoms with Crippen molar-refractivity contribution in [2.45, 2.75) is 39.2 Å². The summed E-state index contributed by atoms with van der Waals surface area (Å²) in [5.74, 6) is 0. The fourth-order valence-corrected chi connectivity index (χ4v) is 2.98. The first-order valence-corrected chi connectivity index (χ1v) is 7.59. The number of benzene rings is 1. The summed E-state index contributed by atoms with van der Waals surface area (Å²) >= 11 is 3.61. The summed E-state index contributed by atoms with van der Waals surface area (Å²) in [6.45, 7) is 5.25. The van der Waals surface area contributed by atoms with Gasteiger partial charge in [0, 0.05) is 10.5 Å².